The molecule has 2 aromatic rings. The van der Waals surface area contributed by atoms with Gasteiger partial charge in [-0.25, -0.2) is 4.98 Å². The fourth-order valence-electron chi connectivity index (χ4n) is 1.44. The van der Waals surface area contributed by atoms with Gasteiger partial charge in [0.2, 0.25) is 5.95 Å². The average molecular weight is 218 g/mol. The number of rotatable bonds is 3. The SMILES string of the molecule is CCCc1nc(N)nc(-c2cnn(C)c2)n1. The van der Waals surface area contributed by atoms with Gasteiger partial charge in [0, 0.05) is 19.7 Å². The summed E-state index contributed by atoms with van der Waals surface area (Å²) in [6.45, 7) is 2.07. The molecule has 16 heavy (non-hydrogen) atoms. The molecular formula is C10H14N6. The number of nitrogen functional groups attached to an aromatic ring is 1. The molecule has 2 heterocycles. The molecule has 0 atom stereocenters. The molecule has 0 aliphatic heterocycles. The molecule has 2 rings (SSSR count). The number of aryl methyl sites for hydroxylation is 2. The molecule has 0 radical (unpaired) electrons. The topological polar surface area (TPSA) is 82.5 Å². The summed E-state index contributed by atoms with van der Waals surface area (Å²) in [5.41, 5.74) is 6.50. The minimum atomic E-state index is 0.261. The lowest BCUT2D eigenvalue weighted by Gasteiger charge is -2.01. The Morgan fingerprint density at radius 2 is 2.12 bits per heavy atom. The average Bonchev–Trinajstić information content (AvgIpc) is 2.64. The highest BCUT2D eigenvalue weighted by atomic mass is 15.2. The van der Waals surface area contributed by atoms with Crippen LogP contribution in [-0.4, -0.2) is 24.7 Å². The lowest BCUT2D eigenvalue weighted by atomic mass is 10.3. The molecule has 0 bridgehead atoms. The van der Waals surface area contributed by atoms with E-state index >= 15 is 0 Å². The second-order valence-electron chi connectivity index (χ2n) is 3.59. The molecular weight excluding hydrogens is 204 g/mol. The Hall–Kier alpha value is -1.98. The van der Waals surface area contributed by atoms with Gasteiger partial charge < -0.3 is 5.73 Å². The van der Waals surface area contributed by atoms with E-state index < -0.39 is 0 Å². The lowest BCUT2D eigenvalue weighted by molar-refractivity contribution is 0.767. The van der Waals surface area contributed by atoms with Crippen molar-refractivity contribution >= 4 is 5.95 Å². The molecule has 2 aromatic heterocycles. The van der Waals surface area contributed by atoms with Gasteiger partial charge in [0.25, 0.3) is 0 Å². The third-order valence-corrected chi connectivity index (χ3v) is 2.14. The number of nitrogens with two attached hydrogens (primary N) is 1. The Morgan fingerprint density at radius 1 is 1.31 bits per heavy atom. The molecule has 2 N–H and O–H groups in total. The summed E-state index contributed by atoms with van der Waals surface area (Å²) in [6, 6.07) is 0. The van der Waals surface area contributed by atoms with Crippen LogP contribution in [0.3, 0.4) is 0 Å². The summed E-state index contributed by atoms with van der Waals surface area (Å²) < 4.78 is 1.70. The van der Waals surface area contributed by atoms with E-state index in [9.17, 15) is 0 Å². The van der Waals surface area contributed by atoms with Crippen molar-refractivity contribution in [3.05, 3.63) is 18.2 Å². The zero-order valence-electron chi connectivity index (χ0n) is 9.38. The zero-order valence-corrected chi connectivity index (χ0v) is 9.38. The smallest absolute Gasteiger partial charge is 0.223 e. The van der Waals surface area contributed by atoms with Crippen molar-refractivity contribution in [2.75, 3.05) is 5.73 Å². The maximum atomic E-state index is 5.64. The predicted octanol–water partition coefficient (Wildman–Crippen LogP) is 0.807. The van der Waals surface area contributed by atoms with Crippen LogP contribution >= 0.6 is 0 Å². The standard InChI is InChI=1S/C10H14N6/c1-3-4-8-13-9(15-10(11)14-8)7-5-12-16(2)6-7/h5-6H,3-4H2,1-2H3,(H2,11,13,14,15). The molecule has 0 aliphatic rings. The maximum Gasteiger partial charge on any atom is 0.223 e. The molecule has 0 unspecified atom stereocenters. The first-order valence-corrected chi connectivity index (χ1v) is 5.18. The van der Waals surface area contributed by atoms with Crippen molar-refractivity contribution < 1.29 is 0 Å². The van der Waals surface area contributed by atoms with Gasteiger partial charge in [-0.15, -0.1) is 0 Å². The highest BCUT2D eigenvalue weighted by Crippen LogP contribution is 2.14. The molecule has 0 spiro atoms. The van der Waals surface area contributed by atoms with Gasteiger partial charge in [-0.05, 0) is 6.42 Å². The van der Waals surface area contributed by atoms with Gasteiger partial charge in [-0.3, -0.25) is 4.68 Å². The predicted molar refractivity (Wildman–Crippen MR) is 60.4 cm³/mol. The Labute approximate surface area is 93.6 Å². The van der Waals surface area contributed by atoms with E-state index in [4.69, 9.17) is 5.73 Å². The van der Waals surface area contributed by atoms with E-state index in [1.54, 1.807) is 10.9 Å². The number of anilines is 1. The normalized spacial score (nSPS) is 10.6. The van der Waals surface area contributed by atoms with Crippen LogP contribution in [0.15, 0.2) is 12.4 Å². The number of hydrogen-bond donors (Lipinski definition) is 1. The second-order valence-corrected chi connectivity index (χ2v) is 3.59. The summed E-state index contributed by atoms with van der Waals surface area (Å²) in [6.07, 6.45) is 5.35. The van der Waals surface area contributed by atoms with Crippen LogP contribution in [0.1, 0.15) is 19.2 Å². The number of hydrogen-bond acceptors (Lipinski definition) is 5. The Kier molecular flexibility index (Phi) is 2.80. The van der Waals surface area contributed by atoms with Crippen LogP contribution in [0.4, 0.5) is 5.95 Å². The van der Waals surface area contributed by atoms with Gasteiger partial charge in [0.1, 0.15) is 5.82 Å². The summed E-state index contributed by atoms with van der Waals surface area (Å²) in [5.74, 6) is 1.58. The van der Waals surface area contributed by atoms with Crippen molar-refractivity contribution in [2.45, 2.75) is 19.8 Å². The quantitative estimate of drug-likeness (QED) is 0.824. The number of nitrogens with zero attached hydrogens (tertiary/aromatic N) is 5. The fraction of sp³-hybridized carbons (Fsp3) is 0.400. The van der Waals surface area contributed by atoms with Crippen LogP contribution in [0.2, 0.25) is 0 Å². The van der Waals surface area contributed by atoms with Gasteiger partial charge >= 0.3 is 0 Å². The number of aromatic nitrogens is 5. The van der Waals surface area contributed by atoms with Crippen LogP contribution in [0.25, 0.3) is 11.4 Å². The minimum Gasteiger partial charge on any atom is -0.368 e. The third kappa shape index (κ3) is 2.16. The van der Waals surface area contributed by atoms with Gasteiger partial charge in [0.15, 0.2) is 5.82 Å². The maximum absolute atomic E-state index is 5.64. The van der Waals surface area contributed by atoms with Crippen molar-refractivity contribution in [3.8, 4) is 11.4 Å². The van der Waals surface area contributed by atoms with Crippen LogP contribution < -0.4 is 5.73 Å². The largest absolute Gasteiger partial charge is 0.368 e. The van der Waals surface area contributed by atoms with Crippen LogP contribution in [0, 0.1) is 0 Å². The summed E-state index contributed by atoms with van der Waals surface area (Å²) >= 11 is 0. The van der Waals surface area contributed by atoms with E-state index in [1.807, 2.05) is 13.2 Å². The van der Waals surface area contributed by atoms with Crippen molar-refractivity contribution in [1.29, 1.82) is 0 Å². The van der Waals surface area contributed by atoms with Gasteiger partial charge in [0.05, 0.1) is 11.8 Å². The molecule has 0 fully saturated rings. The summed E-state index contributed by atoms with van der Waals surface area (Å²) in [4.78, 5) is 12.5. The van der Waals surface area contributed by atoms with E-state index in [2.05, 4.69) is 27.0 Å². The van der Waals surface area contributed by atoms with E-state index in [0.29, 0.717) is 5.82 Å². The highest BCUT2D eigenvalue weighted by molar-refractivity contribution is 5.53. The molecule has 0 amide bonds. The molecule has 0 aromatic carbocycles. The monoisotopic (exact) mass is 218 g/mol. The van der Waals surface area contributed by atoms with Gasteiger partial charge in [-0.2, -0.15) is 15.1 Å². The Bertz CT molecular complexity index is 490. The zero-order chi connectivity index (χ0) is 11.5. The van der Waals surface area contributed by atoms with Gasteiger partial charge in [-0.1, -0.05) is 6.92 Å². The lowest BCUT2D eigenvalue weighted by Crippen LogP contribution is -2.04. The third-order valence-electron chi connectivity index (χ3n) is 2.14. The summed E-state index contributed by atoms with van der Waals surface area (Å²) in [5, 5.41) is 4.07. The Morgan fingerprint density at radius 3 is 2.75 bits per heavy atom. The highest BCUT2D eigenvalue weighted by Gasteiger charge is 2.07. The first-order chi connectivity index (χ1) is 7.69. The Balaban J connectivity index is 2.40. The minimum absolute atomic E-state index is 0.261. The first-order valence-electron chi connectivity index (χ1n) is 5.18. The van der Waals surface area contributed by atoms with Crippen LogP contribution in [-0.2, 0) is 13.5 Å². The van der Waals surface area contributed by atoms with Crippen molar-refractivity contribution in [1.82, 2.24) is 24.7 Å². The van der Waals surface area contributed by atoms with Crippen molar-refractivity contribution in [3.63, 3.8) is 0 Å². The summed E-state index contributed by atoms with van der Waals surface area (Å²) in [7, 11) is 1.85. The molecule has 6 heteroatoms. The first kappa shape index (κ1) is 10.5. The van der Waals surface area contributed by atoms with E-state index in [1.165, 1.54) is 0 Å². The van der Waals surface area contributed by atoms with E-state index in [-0.39, 0.29) is 5.95 Å². The molecule has 0 aliphatic carbocycles. The molecule has 0 saturated heterocycles. The fourth-order valence-corrected chi connectivity index (χ4v) is 1.44. The van der Waals surface area contributed by atoms with E-state index in [0.717, 1.165) is 24.2 Å². The molecule has 84 valence electrons. The van der Waals surface area contributed by atoms with Crippen molar-refractivity contribution in [2.24, 2.45) is 7.05 Å². The molecule has 0 saturated carbocycles. The second kappa shape index (κ2) is 4.26. The molecule has 6 nitrogen and oxygen atoms in total. The van der Waals surface area contributed by atoms with Crippen LogP contribution in [0.5, 0.6) is 0 Å².